The van der Waals surface area contributed by atoms with Gasteiger partial charge in [-0.1, -0.05) is 0 Å². The van der Waals surface area contributed by atoms with Crippen molar-refractivity contribution >= 4 is 11.9 Å². The molecule has 0 saturated heterocycles. The molecule has 8 nitrogen and oxygen atoms in total. The Balaban J connectivity index is 2.32. The van der Waals surface area contributed by atoms with Gasteiger partial charge in [0.1, 0.15) is 6.33 Å². The molecule has 0 bridgehead atoms. The van der Waals surface area contributed by atoms with Gasteiger partial charge >= 0.3 is 0 Å². The molecule has 0 aliphatic heterocycles. The number of imidazole rings is 1. The second-order valence-electron chi connectivity index (χ2n) is 4.01. The van der Waals surface area contributed by atoms with Gasteiger partial charge in [0.05, 0.1) is 6.61 Å². The minimum Gasteiger partial charge on any atom is -0.394 e. The van der Waals surface area contributed by atoms with Gasteiger partial charge in [-0.3, -0.25) is 4.57 Å². The van der Waals surface area contributed by atoms with Gasteiger partial charge in [0, 0.05) is 25.0 Å². The third-order valence-electron chi connectivity index (χ3n) is 2.34. The Hall–Kier alpha value is -2.22. The summed E-state index contributed by atoms with van der Waals surface area (Å²) < 4.78 is 1.69. The molecule has 102 valence electrons. The third kappa shape index (κ3) is 3.38. The van der Waals surface area contributed by atoms with Gasteiger partial charge in [-0.05, 0) is 13.8 Å². The van der Waals surface area contributed by atoms with E-state index in [4.69, 9.17) is 5.11 Å². The van der Waals surface area contributed by atoms with Crippen molar-refractivity contribution in [2.45, 2.75) is 19.9 Å². The molecule has 0 spiro atoms. The van der Waals surface area contributed by atoms with Gasteiger partial charge in [0.2, 0.25) is 17.8 Å². The highest BCUT2D eigenvalue weighted by molar-refractivity contribution is 5.38. The molecular formula is C11H17N7O. The number of nitrogens with zero attached hydrogens (tertiary/aromatic N) is 5. The van der Waals surface area contributed by atoms with E-state index in [1.54, 1.807) is 23.3 Å². The summed E-state index contributed by atoms with van der Waals surface area (Å²) in [6.45, 7) is 4.52. The van der Waals surface area contributed by atoms with Crippen LogP contribution in [-0.2, 0) is 0 Å². The maximum atomic E-state index is 9.06. The zero-order chi connectivity index (χ0) is 13.7. The van der Waals surface area contributed by atoms with E-state index in [0.717, 1.165) is 0 Å². The van der Waals surface area contributed by atoms with Crippen LogP contribution in [0.3, 0.4) is 0 Å². The molecule has 0 aliphatic carbocycles. The topological polar surface area (TPSA) is 101 Å². The van der Waals surface area contributed by atoms with E-state index >= 15 is 0 Å². The first-order valence-electron chi connectivity index (χ1n) is 6.08. The van der Waals surface area contributed by atoms with Crippen molar-refractivity contribution in [3.63, 3.8) is 0 Å². The first-order chi connectivity index (χ1) is 9.22. The molecule has 19 heavy (non-hydrogen) atoms. The molecule has 0 amide bonds. The van der Waals surface area contributed by atoms with Crippen molar-refractivity contribution in [1.29, 1.82) is 0 Å². The molecule has 0 saturated carbocycles. The average molecular weight is 263 g/mol. The predicted octanol–water partition coefficient (Wildman–Crippen LogP) is 0.282. The largest absolute Gasteiger partial charge is 0.394 e. The Kier molecular flexibility index (Phi) is 4.24. The maximum Gasteiger partial charge on any atom is 0.241 e. The number of aliphatic hydroxyl groups is 1. The average Bonchev–Trinajstić information content (AvgIpc) is 2.92. The van der Waals surface area contributed by atoms with E-state index in [-0.39, 0.29) is 12.6 Å². The van der Waals surface area contributed by atoms with Gasteiger partial charge in [-0.15, -0.1) is 0 Å². The van der Waals surface area contributed by atoms with Crippen LogP contribution in [0.2, 0.25) is 0 Å². The second kappa shape index (κ2) is 6.10. The number of hydrogen-bond acceptors (Lipinski definition) is 7. The lowest BCUT2D eigenvalue weighted by Gasteiger charge is -2.12. The fraction of sp³-hybridized carbons (Fsp3) is 0.455. The molecule has 0 aliphatic rings. The summed E-state index contributed by atoms with van der Waals surface area (Å²) in [5.74, 6) is 1.36. The van der Waals surface area contributed by atoms with Crippen LogP contribution in [0.15, 0.2) is 18.7 Å². The normalized spacial score (nSPS) is 12.2. The zero-order valence-corrected chi connectivity index (χ0v) is 10.9. The van der Waals surface area contributed by atoms with Crippen molar-refractivity contribution in [3.8, 4) is 5.95 Å². The molecule has 2 aromatic heterocycles. The molecule has 3 N–H and O–H groups in total. The Morgan fingerprint density at radius 2 is 2.11 bits per heavy atom. The van der Waals surface area contributed by atoms with Crippen molar-refractivity contribution in [3.05, 3.63) is 18.7 Å². The molecule has 8 heteroatoms. The van der Waals surface area contributed by atoms with Crippen LogP contribution in [-0.4, -0.2) is 48.8 Å². The monoisotopic (exact) mass is 263 g/mol. The molecule has 2 rings (SSSR count). The molecule has 1 unspecified atom stereocenters. The van der Waals surface area contributed by atoms with Crippen LogP contribution in [0.25, 0.3) is 5.95 Å². The molecule has 0 aromatic carbocycles. The fourth-order valence-corrected chi connectivity index (χ4v) is 1.43. The van der Waals surface area contributed by atoms with Crippen molar-refractivity contribution in [1.82, 2.24) is 24.5 Å². The van der Waals surface area contributed by atoms with Gasteiger partial charge in [-0.2, -0.15) is 15.0 Å². The standard InChI is InChI=1S/C11H17N7O/c1-3-13-9-15-10(14-8(2)6-19)17-11(16-9)18-5-4-12-7-18/h4-5,7-8,19H,3,6H2,1-2H3,(H2,13,14,15,16,17). The Labute approximate surface area is 111 Å². The van der Waals surface area contributed by atoms with Crippen LogP contribution in [0.4, 0.5) is 11.9 Å². The lowest BCUT2D eigenvalue weighted by molar-refractivity contribution is 0.281. The molecule has 2 heterocycles. The first kappa shape index (κ1) is 13.2. The molecule has 2 aromatic rings. The van der Waals surface area contributed by atoms with Crippen LogP contribution >= 0.6 is 0 Å². The number of rotatable bonds is 6. The number of hydrogen-bond donors (Lipinski definition) is 3. The third-order valence-corrected chi connectivity index (χ3v) is 2.34. The van der Waals surface area contributed by atoms with Gasteiger partial charge < -0.3 is 15.7 Å². The Morgan fingerprint density at radius 3 is 2.74 bits per heavy atom. The van der Waals surface area contributed by atoms with Crippen LogP contribution in [0.5, 0.6) is 0 Å². The summed E-state index contributed by atoms with van der Waals surface area (Å²) in [6, 6.07) is -0.132. The SMILES string of the molecule is CCNc1nc(NC(C)CO)nc(-n2ccnc2)n1. The predicted molar refractivity (Wildman–Crippen MR) is 71.3 cm³/mol. The second-order valence-corrected chi connectivity index (χ2v) is 4.01. The van der Waals surface area contributed by atoms with Crippen LogP contribution < -0.4 is 10.6 Å². The van der Waals surface area contributed by atoms with E-state index < -0.39 is 0 Å². The van der Waals surface area contributed by atoms with Crippen molar-refractivity contribution in [2.24, 2.45) is 0 Å². The first-order valence-corrected chi connectivity index (χ1v) is 6.08. The van der Waals surface area contributed by atoms with E-state index in [0.29, 0.717) is 24.4 Å². The molecule has 0 radical (unpaired) electrons. The smallest absolute Gasteiger partial charge is 0.241 e. The molecular weight excluding hydrogens is 246 g/mol. The minimum atomic E-state index is -0.132. The highest BCUT2D eigenvalue weighted by atomic mass is 16.3. The van der Waals surface area contributed by atoms with E-state index in [9.17, 15) is 0 Å². The van der Waals surface area contributed by atoms with Crippen LogP contribution in [0.1, 0.15) is 13.8 Å². The number of nitrogens with one attached hydrogen (secondary N) is 2. The minimum absolute atomic E-state index is 0.00261. The Bertz CT molecular complexity index is 514. The van der Waals surface area contributed by atoms with Crippen LogP contribution in [0, 0.1) is 0 Å². The van der Waals surface area contributed by atoms with E-state index in [2.05, 4.69) is 30.6 Å². The van der Waals surface area contributed by atoms with Gasteiger partial charge in [-0.25, -0.2) is 4.98 Å². The quantitative estimate of drug-likeness (QED) is 0.688. The summed E-state index contributed by atoms with van der Waals surface area (Å²) in [5.41, 5.74) is 0. The zero-order valence-electron chi connectivity index (χ0n) is 10.9. The van der Waals surface area contributed by atoms with E-state index in [1.807, 2.05) is 13.8 Å². The summed E-state index contributed by atoms with van der Waals surface area (Å²) in [6.07, 6.45) is 5.02. The number of aliphatic hydroxyl groups excluding tert-OH is 1. The van der Waals surface area contributed by atoms with Gasteiger partial charge in [0.15, 0.2) is 0 Å². The van der Waals surface area contributed by atoms with Gasteiger partial charge in [0.25, 0.3) is 0 Å². The van der Waals surface area contributed by atoms with Crippen molar-refractivity contribution < 1.29 is 5.11 Å². The molecule has 0 fully saturated rings. The lowest BCUT2D eigenvalue weighted by Crippen LogP contribution is -2.22. The fourth-order valence-electron chi connectivity index (χ4n) is 1.43. The number of aromatic nitrogens is 5. The molecule has 1 atom stereocenters. The number of anilines is 2. The summed E-state index contributed by atoms with van der Waals surface area (Å²) >= 11 is 0. The summed E-state index contributed by atoms with van der Waals surface area (Å²) in [5, 5.41) is 15.1. The van der Waals surface area contributed by atoms with E-state index in [1.165, 1.54) is 0 Å². The highest BCUT2D eigenvalue weighted by Crippen LogP contribution is 2.09. The highest BCUT2D eigenvalue weighted by Gasteiger charge is 2.09. The summed E-state index contributed by atoms with van der Waals surface area (Å²) in [7, 11) is 0. The van der Waals surface area contributed by atoms with Crippen molar-refractivity contribution in [2.75, 3.05) is 23.8 Å². The summed E-state index contributed by atoms with van der Waals surface area (Å²) in [4.78, 5) is 16.8. The maximum absolute atomic E-state index is 9.06. The lowest BCUT2D eigenvalue weighted by atomic mass is 10.4. The Morgan fingerprint density at radius 1 is 1.32 bits per heavy atom.